The fourth-order valence-corrected chi connectivity index (χ4v) is 1.70. The number of piperidine rings is 1. The van der Waals surface area contributed by atoms with Crippen molar-refractivity contribution in [3.63, 3.8) is 0 Å². The van der Waals surface area contributed by atoms with Gasteiger partial charge in [-0.2, -0.15) is 0 Å². The Hall–Kier alpha value is -0.800. The van der Waals surface area contributed by atoms with Crippen molar-refractivity contribution in [1.29, 1.82) is 0 Å². The second-order valence-electron chi connectivity index (χ2n) is 3.77. The van der Waals surface area contributed by atoms with Crippen LogP contribution in [0.5, 0.6) is 5.75 Å². The highest BCUT2D eigenvalue weighted by atomic mass is 35.5. The van der Waals surface area contributed by atoms with E-state index in [9.17, 15) is 0 Å². The Labute approximate surface area is 96.7 Å². The fourth-order valence-electron chi connectivity index (χ4n) is 1.70. The van der Waals surface area contributed by atoms with Gasteiger partial charge < -0.3 is 10.1 Å². The quantitative estimate of drug-likeness (QED) is 0.840. The van der Waals surface area contributed by atoms with E-state index in [-0.39, 0.29) is 12.4 Å². The molecule has 2 rings (SSSR count). The van der Waals surface area contributed by atoms with Crippen molar-refractivity contribution in [2.24, 2.45) is 0 Å². The summed E-state index contributed by atoms with van der Waals surface area (Å²) in [6.07, 6.45) is 6.17. The van der Waals surface area contributed by atoms with Gasteiger partial charge in [0.1, 0.15) is 11.9 Å². The predicted octanol–water partition coefficient (Wildman–Crippen LogP) is 1.94. The smallest absolute Gasteiger partial charge is 0.138 e. The van der Waals surface area contributed by atoms with Crippen molar-refractivity contribution in [3.05, 3.63) is 24.0 Å². The third-order valence-corrected chi connectivity index (χ3v) is 2.44. The normalized spacial score (nSPS) is 16.9. The molecule has 1 aliphatic heterocycles. The van der Waals surface area contributed by atoms with Crippen molar-refractivity contribution < 1.29 is 4.74 Å². The van der Waals surface area contributed by atoms with Gasteiger partial charge in [0, 0.05) is 6.20 Å². The molecule has 1 saturated heterocycles. The zero-order valence-electron chi connectivity index (χ0n) is 8.90. The number of hydrogen-bond donors (Lipinski definition) is 1. The maximum Gasteiger partial charge on any atom is 0.138 e. The van der Waals surface area contributed by atoms with Crippen molar-refractivity contribution in [2.45, 2.75) is 25.9 Å². The third kappa shape index (κ3) is 3.68. The number of rotatable bonds is 2. The molecular weight excluding hydrogens is 212 g/mol. The number of pyridine rings is 1. The monoisotopic (exact) mass is 228 g/mol. The second-order valence-corrected chi connectivity index (χ2v) is 3.77. The average molecular weight is 229 g/mol. The van der Waals surface area contributed by atoms with Crippen LogP contribution >= 0.6 is 12.4 Å². The SMILES string of the molecule is Cc1cncc(OC2CCNCC2)c1.Cl. The lowest BCUT2D eigenvalue weighted by atomic mass is 10.1. The summed E-state index contributed by atoms with van der Waals surface area (Å²) in [5, 5.41) is 3.32. The lowest BCUT2D eigenvalue weighted by Crippen LogP contribution is -2.34. The van der Waals surface area contributed by atoms with Gasteiger partial charge in [-0.1, -0.05) is 0 Å². The van der Waals surface area contributed by atoms with Gasteiger partial charge in [0.25, 0.3) is 0 Å². The van der Waals surface area contributed by atoms with E-state index in [1.165, 1.54) is 0 Å². The van der Waals surface area contributed by atoms with E-state index in [1.54, 1.807) is 6.20 Å². The molecule has 0 aliphatic carbocycles. The lowest BCUT2D eigenvalue weighted by Gasteiger charge is -2.23. The largest absolute Gasteiger partial charge is 0.489 e. The first-order valence-corrected chi connectivity index (χ1v) is 5.13. The summed E-state index contributed by atoms with van der Waals surface area (Å²) in [5.74, 6) is 0.900. The summed E-state index contributed by atoms with van der Waals surface area (Å²) < 4.78 is 5.83. The summed E-state index contributed by atoms with van der Waals surface area (Å²) in [6.45, 7) is 4.15. The molecular formula is C11H17ClN2O. The zero-order valence-corrected chi connectivity index (χ0v) is 9.72. The molecule has 2 heterocycles. The molecule has 0 aromatic carbocycles. The number of nitrogens with one attached hydrogen (secondary N) is 1. The fraction of sp³-hybridized carbons (Fsp3) is 0.545. The Morgan fingerprint density at radius 3 is 2.73 bits per heavy atom. The van der Waals surface area contributed by atoms with Gasteiger partial charge in [-0.05, 0) is 44.5 Å². The molecule has 1 N–H and O–H groups in total. The highest BCUT2D eigenvalue weighted by Gasteiger charge is 2.14. The van der Waals surface area contributed by atoms with Crippen molar-refractivity contribution in [1.82, 2.24) is 10.3 Å². The van der Waals surface area contributed by atoms with E-state index >= 15 is 0 Å². The molecule has 0 bridgehead atoms. The number of aryl methyl sites for hydroxylation is 1. The summed E-state index contributed by atoms with van der Waals surface area (Å²) >= 11 is 0. The van der Waals surface area contributed by atoms with E-state index in [4.69, 9.17) is 4.74 Å². The number of ether oxygens (including phenoxy) is 1. The Morgan fingerprint density at radius 2 is 2.07 bits per heavy atom. The van der Waals surface area contributed by atoms with Crippen LogP contribution in [0.2, 0.25) is 0 Å². The van der Waals surface area contributed by atoms with Crippen LogP contribution in [0.25, 0.3) is 0 Å². The van der Waals surface area contributed by atoms with Crippen LogP contribution in [0.1, 0.15) is 18.4 Å². The van der Waals surface area contributed by atoms with Crippen molar-refractivity contribution in [3.8, 4) is 5.75 Å². The van der Waals surface area contributed by atoms with Gasteiger partial charge in [-0.3, -0.25) is 4.98 Å². The molecule has 1 fully saturated rings. The Kier molecular flexibility index (Phi) is 4.85. The predicted molar refractivity (Wildman–Crippen MR) is 62.7 cm³/mol. The molecule has 0 unspecified atom stereocenters. The van der Waals surface area contributed by atoms with Crippen molar-refractivity contribution >= 4 is 12.4 Å². The van der Waals surface area contributed by atoms with E-state index in [0.717, 1.165) is 37.2 Å². The molecule has 0 spiro atoms. The van der Waals surface area contributed by atoms with Crippen LogP contribution < -0.4 is 10.1 Å². The number of halogens is 1. The van der Waals surface area contributed by atoms with Crippen LogP contribution in [0.4, 0.5) is 0 Å². The molecule has 0 amide bonds. The first kappa shape index (κ1) is 12.3. The summed E-state index contributed by atoms with van der Waals surface area (Å²) in [7, 11) is 0. The molecule has 1 aromatic rings. The molecule has 1 aromatic heterocycles. The standard InChI is InChI=1S/C11H16N2O.ClH/c1-9-6-11(8-13-7-9)14-10-2-4-12-5-3-10;/h6-8,10,12H,2-5H2,1H3;1H. The van der Waals surface area contributed by atoms with E-state index in [1.807, 2.05) is 19.2 Å². The van der Waals surface area contributed by atoms with E-state index < -0.39 is 0 Å². The van der Waals surface area contributed by atoms with E-state index in [0.29, 0.717) is 6.10 Å². The van der Waals surface area contributed by atoms with Gasteiger partial charge in [-0.15, -0.1) is 12.4 Å². The first-order valence-electron chi connectivity index (χ1n) is 5.13. The number of aromatic nitrogens is 1. The van der Waals surface area contributed by atoms with Crippen LogP contribution in [-0.2, 0) is 0 Å². The number of nitrogens with zero attached hydrogens (tertiary/aromatic N) is 1. The molecule has 0 atom stereocenters. The minimum Gasteiger partial charge on any atom is -0.489 e. The number of hydrogen-bond acceptors (Lipinski definition) is 3. The van der Waals surface area contributed by atoms with Gasteiger partial charge in [0.05, 0.1) is 6.20 Å². The maximum absolute atomic E-state index is 5.83. The molecule has 0 radical (unpaired) electrons. The molecule has 0 saturated carbocycles. The Bertz CT molecular complexity index is 300. The summed E-state index contributed by atoms with van der Waals surface area (Å²) in [4.78, 5) is 4.11. The minimum absolute atomic E-state index is 0. The molecule has 4 heteroatoms. The van der Waals surface area contributed by atoms with Gasteiger partial charge in [0.2, 0.25) is 0 Å². The average Bonchev–Trinajstić information content (AvgIpc) is 2.19. The van der Waals surface area contributed by atoms with Gasteiger partial charge in [-0.25, -0.2) is 0 Å². The molecule has 3 nitrogen and oxygen atoms in total. The summed E-state index contributed by atoms with van der Waals surface area (Å²) in [5.41, 5.74) is 1.15. The first-order chi connectivity index (χ1) is 6.84. The van der Waals surface area contributed by atoms with Gasteiger partial charge >= 0.3 is 0 Å². The molecule has 1 aliphatic rings. The highest BCUT2D eigenvalue weighted by molar-refractivity contribution is 5.85. The Balaban J connectivity index is 0.00000112. The Morgan fingerprint density at radius 1 is 1.33 bits per heavy atom. The van der Waals surface area contributed by atoms with Crippen LogP contribution in [0, 0.1) is 6.92 Å². The van der Waals surface area contributed by atoms with Gasteiger partial charge in [0.15, 0.2) is 0 Å². The van der Waals surface area contributed by atoms with Crippen LogP contribution in [0.15, 0.2) is 18.5 Å². The lowest BCUT2D eigenvalue weighted by molar-refractivity contribution is 0.162. The second kappa shape index (κ2) is 5.93. The highest BCUT2D eigenvalue weighted by Crippen LogP contribution is 2.16. The third-order valence-electron chi connectivity index (χ3n) is 2.44. The molecule has 15 heavy (non-hydrogen) atoms. The van der Waals surface area contributed by atoms with Crippen molar-refractivity contribution in [2.75, 3.05) is 13.1 Å². The maximum atomic E-state index is 5.83. The topological polar surface area (TPSA) is 34.1 Å². The van der Waals surface area contributed by atoms with Crippen LogP contribution in [0.3, 0.4) is 0 Å². The zero-order chi connectivity index (χ0) is 9.80. The van der Waals surface area contributed by atoms with Crippen LogP contribution in [-0.4, -0.2) is 24.2 Å². The minimum atomic E-state index is 0. The van der Waals surface area contributed by atoms with E-state index in [2.05, 4.69) is 10.3 Å². The molecule has 84 valence electrons. The summed E-state index contributed by atoms with van der Waals surface area (Å²) in [6, 6.07) is 2.04.